The SMILES string of the molecule is CCCC(C)n1nc(CC)c(C(CC)NC)c1CC. The third kappa shape index (κ3) is 3.38. The van der Waals surface area contributed by atoms with Gasteiger partial charge in [-0.2, -0.15) is 5.10 Å². The minimum Gasteiger partial charge on any atom is -0.313 e. The van der Waals surface area contributed by atoms with Crippen LogP contribution in [0.2, 0.25) is 0 Å². The number of nitrogens with one attached hydrogen (secondary N) is 1. The first-order valence-corrected chi connectivity index (χ1v) is 7.91. The molecule has 3 heteroatoms. The van der Waals surface area contributed by atoms with Gasteiger partial charge in [-0.1, -0.05) is 34.1 Å². The minimum atomic E-state index is 0.437. The van der Waals surface area contributed by atoms with Crippen LogP contribution in [0.3, 0.4) is 0 Å². The highest BCUT2D eigenvalue weighted by molar-refractivity contribution is 5.30. The predicted molar refractivity (Wildman–Crippen MR) is 82.7 cm³/mol. The molecule has 0 aliphatic heterocycles. The average molecular weight is 265 g/mol. The molecule has 110 valence electrons. The maximum Gasteiger partial charge on any atom is 0.0672 e. The topological polar surface area (TPSA) is 29.9 Å². The van der Waals surface area contributed by atoms with E-state index in [9.17, 15) is 0 Å². The summed E-state index contributed by atoms with van der Waals surface area (Å²) in [6.45, 7) is 11.2. The zero-order valence-corrected chi connectivity index (χ0v) is 13.6. The Labute approximate surface area is 118 Å². The summed E-state index contributed by atoms with van der Waals surface area (Å²) < 4.78 is 2.29. The first-order valence-electron chi connectivity index (χ1n) is 7.91. The third-order valence-corrected chi connectivity index (χ3v) is 4.03. The van der Waals surface area contributed by atoms with Gasteiger partial charge in [0.15, 0.2) is 0 Å². The van der Waals surface area contributed by atoms with Gasteiger partial charge in [-0.25, -0.2) is 0 Å². The highest BCUT2D eigenvalue weighted by Gasteiger charge is 2.23. The van der Waals surface area contributed by atoms with Gasteiger partial charge in [0, 0.05) is 23.3 Å². The molecular formula is C16H31N3. The highest BCUT2D eigenvalue weighted by Crippen LogP contribution is 2.28. The number of rotatable bonds is 8. The number of aryl methyl sites for hydroxylation is 1. The Kier molecular flexibility index (Phi) is 6.56. The van der Waals surface area contributed by atoms with E-state index in [2.05, 4.69) is 51.7 Å². The van der Waals surface area contributed by atoms with E-state index < -0.39 is 0 Å². The summed E-state index contributed by atoms with van der Waals surface area (Å²) in [4.78, 5) is 0. The maximum absolute atomic E-state index is 4.91. The lowest BCUT2D eigenvalue weighted by molar-refractivity contribution is 0.436. The molecule has 0 bridgehead atoms. The van der Waals surface area contributed by atoms with Crippen LogP contribution in [-0.4, -0.2) is 16.8 Å². The molecule has 0 aliphatic rings. The minimum absolute atomic E-state index is 0.437. The zero-order valence-electron chi connectivity index (χ0n) is 13.6. The van der Waals surface area contributed by atoms with Crippen LogP contribution in [0.1, 0.15) is 82.9 Å². The quantitative estimate of drug-likeness (QED) is 0.769. The van der Waals surface area contributed by atoms with Gasteiger partial charge in [0.2, 0.25) is 0 Å². The lowest BCUT2D eigenvalue weighted by atomic mass is 9.99. The largest absolute Gasteiger partial charge is 0.313 e. The summed E-state index contributed by atoms with van der Waals surface area (Å²) in [5, 5.41) is 8.36. The van der Waals surface area contributed by atoms with Crippen molar-refractivity contribution >= 4 is 0 Å². The van der Waals surface area contributed by atoms with Gasteiger partial charge in [-0.15, -0.1) is 0 Å². The molecule has 1 rings (SSSR count). The predicted octanol–water partition coefficient (Wildman–Crippen LogP) is 4.04. The number of aromatic nitrogens is 2. The van der Waals surface area contributed by atoms with Crippen LogP contribution in [0.5, 0.6) is 0 Å². The van der Waals surface area contributed by atoms with Gasteiger partial charge in [0.25, 0.3) is 0 Å². The van der Waals surface area contributed by atoms with Gasteiger partial charge in [-0.3, -0.25) is 4.68 Å². The van der Waals surface area contributed by atoms with Crippen LogP contribution in [0.15, 0.2) is 0 Å². The van der Waals surface area contributed by atoms with Crippen molar-refractivity contribution in [2.75, 3.05) is 7.05 Å². The fourth-order valence-electron chi connectivity index (χ4n) is 3.01. The van der Waals surface area contributed by atoms with Crippen LogP contribution >= 0.6 is 0 Å². The van der Waals surface area contributed by atoms with Crippen LogP contribution in [-0.2, 0) is 12.8 Å². The zero-order chi connectivity index (χ0) is 14.4. The first-order chi connectivity index (χ1) is 9.14. The Morgan fingerprint density at radius 2 is 1.84 bits per heavy atom. The number of hydrogen-bond acceptors (Lipinski definition) is 2. The van der Waals surface area contributed by atoms with Crippen molar-refractivity contribution < 1.29 is 0 Å². The molecule has 1 aromatic heterocycles. The molecular weight excluding hydrogens is 234 g/mol. The summed E-state index contributed by atoms with van der Waals surface area (Å²) in [6, 6.07) is 0.945. The average Bonchev–Trinajstić information content (AvgIpc) is 2.79. The second kappa shape index (κ2) is 7.68. The van der Waals surface area contributed by atoms with Gasteiger partial charge < -0.3 is 5.32 Å². The summed E-state index contributed by atoms with van der Waals surface area (Å²) >= 11 is 0. The summed E-state index contributed by atoms with van der Waals surface area (Å²) in [7, 11) is 2.06. The van der Waals surface area contributed by atoms with E-state index >= 15 is 0 Å². The monoisotopic (exact) mass is 265 g/mol. The summed E-state index contributed by atoms with van der Waals surface area (Å²) in [5.74, 6) is 0. The van der Waals surface area contributed by atoms with Crippen molar-refractivity contribution in [2.24, 2.45) is 0 Å². The summed E-state index contributed by atoms with van der Waals surface area (Å²) in [6.07, 6.45) is 5.61. The van der Waals surface area contributed by atoms with Crippen LogP contribution in [0, 0.1) is 0 Å². The van der Waals surface area contributed by atoms with Crippen molar-refractivity contribution in [2.45, 2.75) is 78.8 Å². The van der Waals surface area contributed by atoms with Gasteiger partial charge >= 0.3 is 0 Å². The molecule has 0 saturated heterocycles. The standard InChI is InChI=1S/C16H31N3/c1-7-11-12(5)19-15(10-4)16(13(8-2)17-6)14(9-3)18-19/h12-13,17H,7-11H2,1-6H3. The van der Waals surface area contributed by atoms with E-state index in [1.807, 2.05) is 0 Å². The van der Waals surface area contributed by atoms with Gasteiger partial charge in [0.05, 0.1) is 5.69 Å². The normalized spacial score (nSPS) is 14.6. The molecule has 0 aromatic carbocycles. The lowest BCUT2D eigenvalue weighted by Gasteiger charge is -2.18. The Morgan fingerprint density at radius 1 is 1.16 bits per heavy atom. The third-order valence-electron chi connectivity index (χ3n) is 4.03. The molecule has 1 aromatic rings. The molecule has 0 saturated carbocycles. The van der Waals surface area contributed by atoms with E-state index in [-0.39, 0.29) is 0 Å². The smallest absolute Gasteiger partial charge is 0.0672 e. The van der Waals surface area contributed by atoms with Gasteiger partial charge in [-0.05, 0) is 39.7 Å². The number of hydrogen-bond donors (Lipinski definition) is 1. The van der Waals surface area contributed by atoms with Crippen molar-refractivity contribution in [3.63, 3.8) is 0 Å². The highest BCUT2D eigenvalue weighted by atomic mass is 15.3. The van der Waals surface area contributed by atoms with Crippen LogP contribution in [0.25, 0.3) is 0 Å². The maximum atomic E-state index is 4.91. The van der Waals surface area contributed by atoms with E-state index in [4.69, 9.17) is 5.10 Å². The fraction of sp³-hybridized carbons (Fsp3) is 0.812. The molecule has 0 fully saturated rings. The summed E-state index contributed by atoms with van der Waals surface area (Å²) in [5.41, 5.74) is 4.16. The Hall–Kier alpha value is -0.830. The first kappa shape index (κ1) is 16.2. The molecule has 0 amide bonds. The molecule has 0 radical (unpaired) electrons. The molecule has 2 atom stereocenters. The fourth-order valence-corrected chi connectivity index (χ4v) is 3.01. The van der Waals surface area contributed by atoms with E-state index in [0.29, 0.717) is 12.1 Å². The molecule has 19 heavy (non-hydrogen) atoms. The molecule has 2 unspecified atom stereocenters. The van der Waals surface area contributed by atoms with Crippen LogP contribution < -0.4 is 5.32 Å². The van der Waals surface area contributed by atoms with E-state index in [1.165, 1.54) is 29.8 Å². The van der Waals surface area contributed by atoms with E-state index in [1.54, 1.807) is 0 Å². The van der Waals surface area contributed by atoms with Crippen molar-refractivity contribution in [1.29, 1.82) is 0 Å². The lowest BCUT2D eigenvalue weighted by Crippen LogP contribution is -2.18. The number of nitrogens with zero attached hydrogens (tertiary/aromatic N) is 2. The second-order valence-corrected chi connectivity index (χ2v) is 5.35. The molecule has 0 spiro atoms. The Morgan fingerprint density at radius 3 is 2.26 bits per heavy atom. The van der Waals surface area contributed by atoms with Gasteiger partial charge in [0.1, 0.15) is 0 Å². The second-order valence-electron chi connectivity index (χ2n) is 5.35. The molecule has 1 N–H and O–H groups in total. The Bertz CT molecular complexity index is 378. The van der Waals surface area contributed by atoms with E-state index in [0.717, 1.165) is 19.3 Å². The molecule has 0 aliphatic carbocycles. The molecule has 1 heterocycles. The Balaban J connectivity index is 3.27. The van der Waals surface area contributed by atoms with Crippen LogP contribution in [0.4, 0.5) is 0 Å². The van der Waals surface area contributed by atoms with Crippen molar-refractivity contribution in [3.8, 4) is 0 Å². The van der Waals surface area contributed by atoms with Crippen molar-refractivity contribution in [3.05, 3.63) is 17.0 Å². The molecule has 3 nitrogen and oxygen atoms in total. The van der Waals surface area contributed by atoms with Crippen molar-refractivity contribution in [1.82, 2.24) is 15.1 Å².